The third kappa shape index (κ3) is 4.83. The number of nitrogens with zero attached hydrogens (tertiary/aromatic N) is 1. The molecule has 0 aromatic heterocycles. The summed E-state index contributed by atoms with van der Waals surface area (Å²) in [5.41, 5.74) is 4.01. The monoisotopic (exact) mass is 355 g/mol. The number of hydrazone groups is 1. The highest BCUT2D eigenvalue weighted by Gasteiger charge is 2.10. The molecule has 0 saturated carbocycles. The lowest BCUT2D eigenvalue weighted by Crippen LogP contribution is -2.20. The van der Waals surface area contributed by atoms with E-state index >= 15 is 0 Å². The number of amides is 2. The molecule has 0 radical (unpaired) electrons. The van der Waals surface area contributed by atoms with Crippen LogP contribution in [0.3, 0.4) is 0 Å². The van der Waals surface area contributed by atoms with E-state index in [1.54, 1.807) is 45.0 Å². The quantitative estimate of drug-likeness (QED) is 0.375. The Labute approximate surface area is 151 Å². The van der Waals surface area contributed by atoms with Gasteiger partial charge in [-0.1, -0.05) is 13.8 Å². The van der Waals surface area contributed by atoms with Gasteiger partial charge in [-0.25, -0.2) is 5.43 Å². The summed E-state index contributed by atoms with van der Waals surface area (Å²) in [6.45, 7) is 5.18. The molecule has 4 N–H and O–H groups in total. The molecule has 136 valence electrons. The average molecular weight is 355 g/mol. The molecule has 7 heteroatoms. The summed E-state index contributed by atoms with van der Waals surface area (Å²) in [7, 11) is 0. The standard InChI is InChI=1S/C19H21N3O4/c1-11(2)18(25)20-14-6-4-13(5-7-14)19(26)22-21-12(3)16-10-15(23)8-9-17(16)24/h4-11,23-24H,1-3H3,(H,20,25)(H,22,26)/b21-12-. The van der Waals surface area contributed by atoms with Crippen molar-refractivity contribution in [3.63, 3.8) is 0 Å². The van der Waals surface area contributed by atoms with Gasteiger partial charge >= 0.3 is 0 Å². The lowest BCUT2D eigenvalue weighted by molar-refractivity contribution is -0.118. The van der Waals surface area contributed by atoms with Crippen LogP contribution in [0, 0.1) is 5.92 Å². The number of carbonyl (C=O) groups is 2. The van der Waals surface area contributed by atoms with Gasteiger partial charge in [0.15, 0.2) is 0 Å². The third-order valence-electron chi connectivity index (χ3n) is 3.63. The van der Waals surface area contributed by atoms with Crippen LogP contribution in [-0.2, 0) is 4.79 Å². The van der Waals surface area contributed by atoms with E-state index in [-0.39, 0.29) is 23.3 Å². The number of hydrogen-bond donors (Lipinski definition) is 4. The molecule has 2 aromatic carbocycles. The maximum Gasteiger partial charge on any atom is 0.271 e. The van der Waals surface area contributed by atoms with Gasteiger partial charge in [-0.2, -0.15) is 5.10 Å². The highest BCUT2D eigenvalue weighted by atomic mass is 16.3. The number of carbonyl (C=O) groups excluding carboxylic acids is 2. The van der Waals surface area contributed by atoms with Crippen molar-refractivity contribution in [3.8, 4) is 11.5 Å². The molecular formula is C19H21N3O4. The van der Waals surface area contributed by atoms with Crippen LogP contribution in [0.25, 0.3) is 0 Å². The summed E-state index contributed by atoms with van der Waals surface area (Å²) in [4.78, 5) is 23.8. The summed E-state index contributed by atoms with van der Waals surface area (Å²) in [5.74, 6) is -0.746. The number of aromatic hydroxyl groups is 2. The number of hydrogen-bond acceptors (Lipinski definition) is 5. The number of rotatable bonds is 5. The fourth-order valence-electron chi connectivity index (χ4n) is 2.06. The zero-order valence-electron chi connectivity index (χ0n) is 14.8. The van der Waals surface area contributed by atoms with Gasteiger partial charge in [0.05, 0.1) is 5.71 Å². The van der Waals surface area contributed by atoms with E-state index in [0.717, 1.165) is 0 Å². The van der Waals surface area contributed by atoms with Gasteiger partial charge in [0.25, 0.3) is 5.91 Å². The number of phenols is 2. The Morgan fingerprint density at radius 1 is 1.04 bits per heavy atom. The number of phenolic OH excluding ortho intramolecular Hbond substituents is 2. The molecule has 26 heavy (non-hydrogen) atoms. The Hall–Kier alpha value is -3.35. The molecule has 0 spiro atoms. The zero-order valence-corrected chi connectivity index (χ0v) is 14.8. The van der Waals surface area contributed by atoms with Crippen LogP contribution in [0.1, 0.15) is 36.7 Å². The Kier molecular flexibility index (Phi) is 5.95. The average Bonchev–Trinajstić information content (AvgIpc) is 2.61. The van der Waals surface area contributed by atoms with Crippen LogP contribution in [0.5, 0.6) is 11.5 Å². The lowest BCUT2D eigenvalue weighted by atomic mass is 10.1. The first-order valence-electron chi connectivity index (χ1n) is 8.06. The van der Waals surface area contributed by atoms with E-state index in [2.05, 4.69) is 15.8 Å². The highest BCUT2D eigenvalue weighted by molar-refractivity contribution is 6.03. The molecule has 0 saturated heterocycles. The number of nitrogens with one attached hydrogen (secondary N) is 2. The molecular weight excluding hydrogens is 334 g/mol. The summed E-state index contributed by atoms with van der Waals surface area (Å²) in [6.07, 6.45) is 0. The lowest BCUT2D eigenvalue weighted by Gasteiger charge is -2.08. The molecule has 0 fully saturated rings. The van der Waals surface area contributed by atoms with Gasteiger partial charge < -0.3 is 15.5 Å². The van der Waals surface area contributed by atoms with Gasteiger partial charge in [0, 0.05) is 22.7 Å². The normalized spacial score (nSPS) is 11.3. The van der Waals surface area contributed by atoms with E-state index in [1.165, 1.54) is 18.2 Å². The zero-order chi connectivity index (χ0) is 19.3. The van der Waals surface area contributed by atoms with Crippen molar-refractivity contribution >= 4 is 23.2 Å². The molecule has 0 aliphatic rings. The fraction of sp³-hybridized carbons (Fsp3) is 0.211. The van der Waals surface area contributed by atoms with Crippen LogP contribution >= 0.6 is 0 Å². The maximum atomic E-state index is 12.2. The minimum Gasteiger partial charge on any atom is -0.508 e. The van der Waals surface area contributed by atoms with Crippen molar-refractivity contribution in [1.82, 2.24) is 5.43 Å². The molecule has 0 atom stereocenters. The second kappa shape index (κ2) is 8.15. The van der Waals surface area contributed by atoms with Crippen LogP contribution in [0.15, 0.2) is 47.6 Å². The summed E-state index contributed by atoms with van der Waals surface area (Å²) in [6, 6.07) is 10.5. The molecule has 2 rings (SSSR count). The fourth-order valence-corrected chi connectivity index (χ4v) is 2.06. The van der Waals surface area contributed by atoms with Crippen molar-refractivity contribution in [1.29, 1.82) is 0 Å². The highest BCUT2D eigenvalue weighted by Crippen LogP contribution is 2.22. The van der Waals surface area contributed by atoms with E-state index in [9.17, 15) is 19.8 Å². The van der Waals surface area contributed by atoms with Crippen LogP contribution in [0.4, 0.5) is 5.69 Å². The van der Waals surface area contributed by atoms with E-state index in [4.69, 9.17) is 0 Å². The largest absolute Gasteiger partial charge is 0.508 e. The van der Waals surface area contributed by atoms with E-state index < -0.39 is 5.91 Å². The SMILES string of the molecule is C/C(=N/NC(=O)c1ccc(NC(=O)C(C)C)cc1)c1cc(O)ccc1O. The third-order valence-corrected chi connectivity index (χ3v) is 3.63. The second-order valence-electron chi connectivity index (χ2n) is 6.06. The summed E-state index contributed by atoms with van der Waals surface area (Å²) < 4.78 is 0. The van der Waals surface area contributed by atoms with Crippen LogP contribution < -0.4 is 10.7 Å². The summed E-state index contributed by atoms with van der Waals surface area (Å²) >= 11 is 0. The summed E-state index contributed by atoms with van der Waals surface area (Å²) in [5, 5.41) is 26.0. The topological polar surface area (TPSA) is 111 Å². The Bertz CT molecular complexity index is 842. The number of benzene rings is 2. The molecule has 7 nitrogen and oxygen atoms in total. The predicted molar refractivity (Wildman–Crippen MR) is 99.4 cm³/mol. The molecule has 0 unspecified atom stereocenters. The minimum atomic E-state index is -0.439. The molecule has 0 bridgehead atoms. The Morgan fingerprint density at radius 3 is 2.31 bits per heavy atom. The van der Waals surface area contributed by atoms with Gasteiger partial charge in [0.1, 0.15) is 11.5 Å². The molecule has 0 aliphatic heterocycles. The van der Waals surface area contributed by atoms with Crippen molar-refractivity contribution in [2.24, 2.45) is 11.0 Å². The first-order valence-corrected chi connectivity index (χ1v) is 8.06. The minimum absolute atomic E-state index is 0.0160. The number of anilines is 1. The first-order chi connectivity index (χ1) is 12.3. The van der Waals surface area contributed by atoms with E-state index in [1.807, 2.05) is 0 Å². The van der Waals surface area contributed by atoms with Crippen molar-refractivity contribution in [2.75, 3.05) is 5.32 Å². The molecule has 0 heterocycles. The molecule has 2 aromatic rings. The predicted octanol–water partition coefficient (Wildman–Crippen LogP) is 2.85. The van der Waals surface area contributed by atoms with Crippen LogP contribution in [0.2, 0.25) is 0 Å². The Balaban J connectivity index is 2.05. The van der Waals surface area contributed by atoms with Crippen molar-refractivity contribution < 1.29 is 19.8 Å². The smallest absolute Gasteiger partial charge is 0.271 e. The molecule has 2 amide bonds. The van der Waals surface area contributed by atoms with Gasteiger partial charge in [-0.15, -0.1) is 0 Å². The maximum absolute atomic E-state index is 12.2. The van der Waals surface area contributed by atoms with Gasteiger partial charge in [-0.3, -0.25) is 9.59 Å². The second-order valence-corrected chi connectivity index (χ2v) is 6.06. The first kappa shape index (κ1) is 19.0. The van der Waals surface area contributed by atoms with Crippen molar-refractivity contribution in [3.05, 3.63) is 53.6 Å². The Morgan fingerprint density at radius 2 is 1.69 bits per heavy atom. The van der Waals surface area contributed by atoms with Gasteiger partial charge in [-0.05, 0) is 49.4 Å². The van der Waals surface area contributed by atoms with Crippen molar-refractivity contribution in [2.45, 2.75) is 20.8 Å². The van der Waals surface area contributed by atoms with Crippen LogP contribution in [-0.4, -0.2) is 27.7 Å². The van der Waals surface area contributed by atoms with E-state index in [0.29, 0.717) is 22.5 Å². The molecule has 0 aliphatic carbocycles. The van der Waals surface area contributed by atoms with Gasteiger partial charge in [0.2, 0.25) is 5.91 Å².